The van der Waals surface area contributed by atoms with Crippen molar-refractivity contribution >= 4 is 44.8 Å². The molecule has 0 atom stereocenters. The number of aromatic nitrogens is 2. The summed E-state index contributed by atoms with van der Waals surface area (Å²) >= 11 is 11.9. The molecule has 0 fully saturated rings. The van der Waals surface area contributed by atoms with Crippen LogP contribution in [0.25, 0.3) is 0 Å². The molecular weight excluding hydrogens is 439 g/mol. The summed E-state index contributed by atoms with van der Waals surface area (Å²) < 4.78 is 29.4. The Bertz CT molecular complexity index is 1150. The van der Waals surface area contributed by atoms with Crippen LogP contribution >= 0.6 is 23.2 Å². The van der Waals surface area contributed by atoms with Crippen LogP contribution in [0.15, 0.2) is 53.6 Å². The van der Waals surface area contributed by atoms with Crippen molar-refractivity contribution in [2.45, 2.75) is 17.9 Å². The third-order valence-corrected chi connectivity index (χ3v) is 5.53. The van der Waals surface area contributed by atoms with Crippen LogP contribution in [0.1, 0.15) is 11.1 Å². The lowest BCUT2D eigenvalue weighted by Crippen LogP contribution is -2.18. The van der Waals surface area contributed by atoms with E-state index in [1.54, 1.807) is 30.3 Å². The molecule has 0 saturated heterocycles. The lowest BCUT2D eigenvalue weighted by Gasteiger charge is -2.12. The summed E-state index contributed by atoms with van der Waals surface area (Å²) in [6.45, 7) is -0.123. The molecule has 3 aromatic rings. The summed E-state index contributed by atoms with van der Waals surface area (Å²) in [5.74, 6) is -0.157. The number of primary sulfonamides is 1. The Morgan fingerprint density at radius 1 is 1.14 bits per heavy atom. The Balaban J connectivity index is 1.77. The molecule has 0 spiro atoms. The van der Waals surface area contributed by atoms with E-state index < -0.39 is 10.0 Å². The summed E-state index contributed by atoms with van der Waals surface area (Å²) in [4.78, 5) is 12.1. The summed E-state index contributed by atoms with van der Waals surface area (Å²) in [5.41, 5.74) is 1.22. The number of ether oxygens (including phenoxy) is 1. The second-order valence-corrected chi connectivity index (χ2v) is 8.36. The zero-order chi connectivity index (χ0) is 21.0. The molecular formula is C18H16Cl2N4O4S. The van der Waals surface area contributed by atoms with E-state index in [0.717, 1.165) is 0 Å². The van der Waals surface area contributed by atoms with Gasteiger partial charge in [-0.2, -0.15) is 5.10 Å². The van der Waals surface area contributed by atoms with Crippen molar-refractivity contribution in [3.8, 4) is 5.88 Å². The number of H-pyrrole nitrogens is 1. The number of aromatic amines is 1. The molecule has 152 valence electrons. The first-order valence-electron chi connectivity index (χ1n) is 8.24. The minimum Gasteiger partial charge on any atom is -0.472 e. The fraction of sp³-hybridized carbons (Fsp3) is 0.111. The molecule has 0 bridgehead atoms. The van der Waals surface area contributed by atoms with Gasteiger partial charge in [0.15, 0.2) is 0 Å². The van der Waals surface area contributed by atoms with Crippen LogP contribution in [0.4, 0.5) is 5.69 Å². The number of nitrogens with one attached hydrogen (secondary N) is 2. The molecule has 1 heterocycles. The Labute approximate surface area is 177 Å². The van der Waals surface area contributed by atoms with Gasteiger partial charge < -0.3 is 10.1 Å². The molecule has 0 aliphatic rings. The summed E-state index contributed by atoms with van der Waals surface area (Å²) in [6.07, 6.45) is 1.39. The minimum atomic E-state index is -4.07. The molecule has 2 aromatic carbocycles. The minimum absolute atomic E-state index is 0.0353. The van der Waals surface area contributed by atoms with Gasteiger partial charge in [-0.05, 0) is 23.8 Å². The molecule has 4 N–H and O–H groups in total. The van der Waals surface area contributed by atoms with E-state index in [9.17, 15) is 13.2 Å². The van der Waals surface area contributed by atoms with E-state index in [1.165, 1.54) is 18.3 Å². The van der Waals surface area contributed by atoms with Gasteiger partial charge in [0.25, 0.3) is 0 Å². The van der Waals surface area contributed by atoms with Crippen LogP contribution in [-0.4, -0.2) is 24.5 Å². The lowest BCUT2D eigenvalue weighted by molar-refractivity contribution is -0.115. The number of nitrogens with two attached hydrogens (primary N) is 1. The van der Waals surface area contributed by atoms with E-state index >= 15 is 0 Å². The number of carbonyl (C=O) groups excluding carboxylic acids is 1. The molecule has 29 heavy (non-hydrogen) atoms. The molecule has 0 radical (unpaired) electrons. The molecule has 8 nitrogen and oxygen atoms in total. The Kier molecular flexibility index (Phi) is 6.43. The van der Waals surface area contributed by atoms with Crippen LogP contribution in [0.5, 0.6) is 5.88 Å². The first-order valence-corrected chi connectivity index (χ1v) is 10.5. The van der Waals surface area contributed by atoms with Gasteiger partial charge in [0.05, 0.1) is 17.5 Å². The highest BCUT2D eigenvalue weighted by atomic mass is 35.5. The number of sulfonamides is 1. The van der Waals surface area contributed by atoms with Crippen LogP contribution in [-0.2, 0) is 27.8 Å². The highest BCUT2D eigenvalue weighted by Gasteiger charge is 2.17. The molecule has 1 amide bonds. The topological polar surface area (TPSA) is 127 Å². The second-order valence-electron chi connectivity index (χ2n) is 6.02. The zero-order valence-electron chi connectivity index (χ0n) is 14.9. The monoisotopic (exact) mass is 454 g/mol. The average Bonchev–Trinajstić information content (AvgIpc) is 3.06. The van der Waals surface area contributed by atoms with E-state index in [-0.39, 0.29) is 40.4 Å². The fourth-order valence-electron chi connectivity index (χ4n) is 2.55. The number of anilines is 1. The van der Waals surface area contributed by atoms with E-state index in [4.69, 9.17) is 33.1 Å². The summed E-state index contributed by atoms with van der Waals surface area (Å²) in [6, 6.07) is 11.3. The third-order valence-electron chi connectivity index (χ3n) is 3.90. The first kappa shape index (κ1) is 21.1. The predicted molar refractivity (Wildman–Crippen MR) is 110 cm³/mol. The van der Waals surface area contributed by atoms with Crippen molar-refractivity contribution in [3.05, 3.63) is 69.8 Å². The highest BCUT2D eigenvalue weighted by molar-refractivity contribution is 7.89. The van der Waals surface area contributed by atoms with E-state index in [2.05, 4.69) is 15.5 Å². The van der Waals surface area contributed by atoms with Crippen molar-refractivity contribution in [1.29, 1.82) is 0 Å². The molecule has 0 unspecified atom stereocenters. The largest absolute Gasteiger partial charge is 0.472 e. The number of amides is 1. The molecule has 1 aromatic heterocycles. The fourth-order valence-corrected chi connectivity index (χ4v) is 3.68. The highest BCUT2D eigenvalue weighted by Crippen LogP contribution is 2.25. The van der Waals surface area contributed by atoms with Crippen LogP contribution in [0, 0.1) is 0 Å². The Morgan fingerprint density at radius 3 is 2.55 bits per heavy atom. The maximum Gasteiger partial charge on any atom is 0.238 e. The van der Waals surface area contributed by atoms with Gasteiger partial charge in [-0.25, -0.2) is 18.7 Å². The first-order chi connectivity index (χ1) is 13.7. The Morgan fingerprint density at radius 2 is 1.90 bits per heavy atom. The van der Waals surface area contributed by atoms with Crippen molar-refractivity contribution in [3.63, 3.8) is 0 Å². The van der Waals surface area contributed by atoms with Crippen LogP contribution in [0.2, 0.25) is 10.0 Å². The summed E-state index contributed by atoms with van der Waals surface area (Å²) in [7, 11) is -4.07. The van der Waals surface area contributed by atoms with Crippen molar-refractivity contribution < 1.29 is 17.9 Å². The van der Waals surface area contributed by atoms with Gasteiger partial charge in [-0.3, -0.25) is 4.79 Å². The number of carbonyl (C=O) groups is 1. The van der Waals surface area contributed by atoms with Gasteiger partial charge in [0, 0.05) is 16.3 Å². The van der Waals surface area contributed by atoms with Gasteiger partial charge in [-0.15, -0.1) is 0 Å². The number of hydrogen-bond acceptors (Lipinski definition) is 5. The van der Waals surface area contributed by atoms with Gasteiger partial charge in [0.1, 0.15) is 11.6 Å². The molecule has 3 rings (SSSR count). The average molecular weight is 455 g/mol. The molecule has 0 aliphatic heterocycles. The predicted octanol–water partition coefficient (Wildman–Crippen LogP) is 3.12. The van der Waals surface area contributed by atoms with Crippen LogP contribution in [0.3, 0.4) is 0 Å². The van der Waals surface area contributed by atoms with Crippen molar-refractivity contribution in [2.24, 2.45) is 5.14 Å². The number of rotatable bonds is 7. The van der Waals surface area contributed by atoms with Crippen molar-refractivity contribution in [1.82, 2.24) is 10.2 Å². The van der Waals surface area contributed by atoms with E-state index in [1.807, 2.05) is 0 Å². The second kappa shape index (κ2) is 8.83. The molecule has 11 heteroatoms. The number of benzene rings is 2. The third kappa shape index (κ3) is 5.48. The summed E-state index contributed by atoms with van der Waals surface area (Å²) in [5, 5.41) is 14.9. The van der Waals surface area contributed by atoms with Crippen LogP contribution < -0.4 is 15.2 Å². The maximum absolute atomic E-state index is 12.3. The van der Waals surface area contributed by atoms with Gasteiger partial charge in [-0.1, -0.05) is 47.5 Å². The smallest absolute Gasteiger partial charge is 0.238 e. The Hall–Kier alpha value is -2.59. The van der Waals surface area contributed by atoms with E-state index in [0.29, 0.717) is 16.1 Å². The zero-order valence-corrected chi connectivity index (χ0v) is 17.2. The number of nitrogens with zero attached hydrogens (tertiary/aromatic N) is 1. The SMILES string of the molecule is NS(=O)(=O)c1cc(NC(=O)Cc2ccccc2Cl)ccc1COc1[nH]ncc1Cl. The van der Waals surface area contributed by atoms with Crippen molar-refractivity contribution in [2.75, 3.05) is 5.32 Å². The lowest BCUT2D eigenvalue weighted by atomic mass is 10.1. The van der Waals surface area contributed by atoms with Gasteiger partial charge >= 0.3 is 0 Å². The maximum atomic E-state index is 12.3. The molecule has 0 saturated carbocycles. The normalized spacial score (nSPS) is 11.3. The number of hydrogen-bond donors (Lipinski definition) is 3. The molecule has 0 aliphatic carbocycles. The quantitative estimate of drug-likeness (QED) is 0.505. The number of halogens is 2. The van der Waals surface area contributed by atoms with Gasteiger partial charge in [0.2, 0.25) is 21.8 Å². The standard InChI is InChI=1S/C18H16Cl2N4O4S/c19-14-4-2-1-3-11(14)7-17(25)23-13-6-5-12(16(8-13)29(21,26)27)10-28-18-15(20)9-22-24-18/h1-6,8-9H,7,10H2,(H,22,24)(H,23,25)(H2,21,26,27).